The van der Waals surface area contributed by atoms with Gasteiger partial charge in [-0.15, -0.1) is 0 Å². The molecule has 1 rings (SSSR count). The van der Waals surface area contributed by atoms with Gasteiger partial charge in [0.2, 0.25) is 0 Å². The fraction of sp³-hybridized carbons (Fsp3) is 0.706. The molecule has 0 radical (unpaired) electrons. The summed E-state index contributed by atoms with van der Waals surface area (Å²) >= 11 is 0. The van der Waals surface area contributed by atoms with Crippen LogP contribution in [0.15, 0.2) is 17.3 Å². The Morgan fingerprint density at radius 2 is 2.08 bits per heavy atom. The van der Waals surface area contributed by atoms with E-state index in [-0.39, 0.29) is 6.09 Å². The minimum absolute atomic E-state index is 0.283. The van der Waals surface area contributed by atoms with Crippen LogP contribution in [0.2, 0.25) is 0 Å². The number of ether oxygens (including phenoxy) is 1. The van der Waals surface area contributed by atoms with Crippen LogP contribution < -0.4 is 10.6 Å². The van der Waals surface area contributed by atoms with E-state index in [2.05, 4.69) is 20.7 Å². The van der Waals surface area contributed by atoms with Crippen LogP contribution in [0.4, 0.5) is 4.79 Å². The summed E-state index contributed by atoms with van der Waals surface area (Å²) in [4.78, 5) is 18.1. The first-order valence-electron chi connectivity index (χ1n) is 8.66. The molecule has 0 aliphatic rings. The topological polar surface area (TPSA) is 83.8 Å². The molecular formula is C17H32N6O2. The number of nitrogens with zero attached hydrogens (tertiary/aromatic N) is 4. The Hall–Kier alpha value is -2.25. The second-order valence-electron chi connectivity index (χ2n) is 6.77. The number of rotatable bonds is 7. The lowest BCUT2D eigenvalue weighted by Crippen LogP contribution is -2.44. The van der Waals surface area contributed by atoms with Gasteiger partial charge in [-0.3, -0.25) is 9.67 Å². The first kappa shape index (κ1) is 20.8. The van der Waals surface area contributed by atoms with Gasteiger partial charge in [-0.1, -0.05) is 6.92 Å². The molecule has 0 saturated heterocycles. The lowest BCUT2D eigenvalue weighted by molar-refractivity contribution is 0.0253. The first-order chi connectivity index (χ1) is 11.8. The van der Waals surface area contributed by atoms with Crippen LogP contribution >= 0.6 is 0 Å². The Kier molecular flexibility index (Phi) is 8.24. The standard InChI is InChI=1S/C17H32N6O2/c1-7-11-23(16(24)25-17(2,3)4)12-10-19-15(18-5)20-13-14-8-9-21-22(14)6/h8-9H,7,10-13H2,1-6H3,(H2,18,19,20). The zero-order valence-corrected chi connectivity index (χ0v) is 16.3. The molecule has 1 heterocycles. The Morgan fingerprint density at radius 1 is 1.36 bits per heavy atom. The zero-order chi connectivity index (χ0) is 18.9. The van der Waals surface area contributed by atoms with Gasteiger partial charge in [-0.25, -0.2) is 4.79 Å². The van der Waals surface area contributed by atoms with E-state index >= 15 is 0 Å². The monoisotopic (exact) mass is 352 g/mol. The van der Waals surface area contributed by atoms with Crippen molar-refractivity contribution in [1.29, 1.82) is 0 Å². The van der Waals surface area contributed by atoms with Gasteiger partial charge >= 0.3 is 6.09 Å². The summed E-state index contributed by atoms with van der Waals surface area (Å²) in [6.45, 7) is 10.1. The van der Waals surface area contributed by atoms with Gasteiger partial charge < -0.3 is 20.3 Å². The molecule has 0 aliphatic heterocycles. The van der Waals surface area contributed by atoms with Gasteiger partial charge in [-0.05, 0) is 33.3 Å². The third-order valence-electron chi connectivity index (χ3n) is 3.40. The van der Waals surface area contributed by atoms with Crippen molar-refractivity contribution in [3.63, 3.8) is 0 Å². The minimum atomic E-state index is -0.489. The van der Waals surface area contributed by atoms with E-state index in [0.29, 0.717) is 32.1 Å². The fourth-order valence-electron chi connectivity index (χ4n) is 2.17. The van der Waals surface area contributed by atoms with Crippen LogP contribution in [0.1, 0.15) is 39.8 Å². The molecular weight excluding hydrogens is 320 g/mol. The molecule has 142 valence electrons. The van der Waals surface area contributed by atoms with E-state index in [9.17, 15) is 4.79 Å². The summed E-state index contributed by atoms with van der Waals surface area (Å²) in [5, 5.41) is 10.6. The predicted octanol–water partition coefficient (Wildman–Crippen LogP) is 1.73. The van der Waals surface area contributed by atoms with Crippen molar-refractivity contribution in [2.24, 2.45) is 12.0 Å². The van der Waals surface area contributed by atoms with E-state index in [4.69, 9.17) is 4.74 Å². The molecule has 0 saturated carbocycles. The molecule has 2 N–H and O–H groups in total. The SMILES string of the molecule is CCCN(CCNC(=NC)NCc1ccnn1C)C(=O)OC(C)(C)C. The Morgan fingerprint density at radius 3 is 2.60 bits per heavy atom. The lowest BCUT2D eigenvalue weighted by Gasteiger charge is -2.27. The quantitative estimate of drug-likeness (QED) is 0.577. The maximum Gasteiger partial charge on any atom is 0.410 e. The molecule has 8 nitrogen and oxygen atoms in total. The summed E-state index contributed by atoms with van der Waals surface area (Å²) in [6.07, 6.45) is 2.36. The number of aromatic nitrogens is 2. The second kappa shape index (κ2) is 9.90. The summed E-state index contributed by atoms with van der Waals surface area (Å²) in [6, 6.07) is 1.95. The van der Waals surface area contributed by atoms with E-state index in [0.717, 1.165) is 12.1 Å². The zero-order valence-electron chi connectivity index (χ0n) is 16.3. The highest BCUT2D eigenvalue weighted by atomic mass is 16.6. The molecule has 1 aromatic rings. The van der Waals surface area contributed by atoms with Crippen LogP contribution in [-0.2, 0) is 18.3 Å². The lowest BCUT2D eigenvalue weighted by atomic mass is 10.2. The largest absolute Gasteiger partial charge is 0.444 e. The van der Waals surface area contributed by atoms with E-state index in [1.807, 2.05) is 45.5 Å². The van der Waals surface area contributed by atoms with Crippen LogP contribution in [0, 0.1) is 0 Å². The molecule has 0 spiro atoms. The fourth-order valence-corrected chi connectivity index (χ4v) is 2.17. The minimum Gasteiger partial charge on any atom is -0.444 e. The van der Waals surface area contributed by atoms with Crippen molar-refractivity contribution in [3.05, 3.63) is 18.0 Å². The Bertz CT molecular complexity index is 562. The molecule has 25 heavy (non-hydrogen) atoms. The average Bonchev–Trinajstić information content (AvgIpc) is 2.93. The van der Waals surface area contributed by atoms with Gasteiger partial charge in [0.1, 0.15) is 5.60 Å². The summed E-state index contributed by atoms with van der Waals surface area (Å²) in [7, 11) is 3.62. The van der Waals surface area contributed by atoms with Crippen molar-refractivity contribution >= 4 is 12.1 Å². The Balaban J connectivity index is 2.44. The van der Waals surface area contributed by atoms with Crippen LogP contribution in [0.3, 0.4) is 0 Å². The van der Waals surface area contributed by atoms with Gasteiger partial charge in [0.25, 0.3) is 0 Å². The predicted molar refractivity (Wildman–Crippen MR) is 99.5 cm³/mol. The number of carbonyl (C=O) groups is 1. The Labute approximate surface area is 150 Å². The molecule has 0 fully saturated rings. The van der Waals surface area contributed by atoms with Crippen molar-refractivity contribution in [2.75, 3.05) is 26.7 Å². The van der Waals surface area contributed by atoms with E-state index in [1.54, 1.807) is 18.1 Å². The molecule has 0 aromatic carbocycles. The molecule has 0 unspecified atom stereocenters. The third kappa shape index (κ3) is 7.91. The van der Waals surface area contributed by atoms with Gasteiger partial charge in [0.15, 0.2) is 5.96 Å². The van der Waals surface area contributed by atoms with Crippen LogP contribution in [0.25, 0.3) is 0 Å². The number of aryl methyl sites for hydroxylation is 1. The molecule has 1 amide bonds. The maximum absolute atomic E-state index is 12.2. The highest BCUT2D eigenvalue weighted by Crippen LogP contribution is 2.10. The van der Waals surface area contributed by atoms with E-state index < -0.39 is 5.60 Å². The molecule has 0 aliphatic carbocycles. The van der Waals surface area contributed by atoms with Crippen LogP contribution in [-0.4, -0.2) is 59.0 Å². The normalized spacial score (nSPS) is 12.0. The van der Waals surface area contributed by atoms with E-state index in [1.165, 1.54) is 0 Å². The van der Waals surface area contributed by atoms with Gasteiger partial charge in [0.05, 0.1) is 12.2 Å². The first-order valence-corrected chi connectivity index (χ1v) is 8.66. The van der Waals surface area contributed by atoms with Crippen LogP contribution in [0.5, 0.6) is 0 Å². The van der Waals surface area contributed by atoms with Crippen molar-refractivity contribution in [3.8, 4) is 0 Å². The molecule has 0 atom stereocenters. The number of carbonyl (C=O) groups excluding carboxylic acids is 1. The van der Waals surface area contributed by atoms with Crippen molar-refractivity contribution in [2.45, 2.75) is 46.3 Å². The third-order valence-corrected chi connectivity index (χ3v) is 3.40. The number of hydrogen-bond acceptors (Lipinski definition) is 4. The number of hydrogen-bond donors (Lipinski definition) is 2. The van der Waals surface area contributed by atoms with Crippen molar-refractivity contribution < 1.29 is 9.53 Å². The van der Waals surface area contributed by atoms with Gasteiger partial charge in [-0.2, -0.15) is 5.10 Å². The smallest absolute Gasteiger partial charge is 0.410 e. The maximum atomic E-state index is 12.2. The summed E-state index contributed by atoms with van der Waals surface area (Å²) in [5.74, 6) is 0.682. The highest BCUT2D eigenvalue weighted by molar-refractivity contribution is 5.79. The number of guanidine groups is 1. The molecule has 1 aromatic heterocycles. The average molecular weight is 352 g/mol. The molecule has 0 bridgehead atoms. The molecule has 8 heteroatoms. The highest BCUT2D eigenvalue weighted by Gasteiger charge is 2.21. The summed E-state index contributed by atoms with van der Waals surface area (Å²) in [5.41, 5.74) is 0.571. The summed E-state index contributed by atoms with van der Waals surface area (Å²) < 4.78 is 7.26. The number of amides is 1. The van der Waals surface area contributed by atoms with Gasteiger partial charge in [0, 0.05) is 39.9 Å². The number of aliphatic imine (C=N–C) groups is 1. The second-order valence-corrected chi connectivity index (χ2v) is 6.77. The van der Waals surface area contributed by atoms with Crippen molar-refractivity contribution in [1.82, 2.24) is 25.3 Å². The number of nitrogens with one attached hydrogen (secondary N) is 2.